The number of allylic oxidation sites excluding steroid dienone is 2. The van der Waals surface area contributed by atoms with Crippen LogP contribution in [-0.2, 0) is 0 Å². The molecule has 0 atom stereocenters. The summed E-state index contributed by atoms with van der Waals surface area (Å²) in [6, 6.07) is 5.64. The molecule has 2 heterocycles. The number of aromatic nitrogens is 3. The lowest BCUT2D eigenvalue weighted by Crippen LogP contribution is -2.62. The molecule has 1 aliphatic heterocycles. The van der Waals surface area contributed by atoms with Gasteiger partial charge in [0.05, 0.1) is 11.8 Å². The highest BCUT2D eigenvalue weighted by molar-refractivity contribution is 6.37. The van der Waals surface area contributed by atoms with E-state index in [4.69, 9.17) is 11.6 Å². The molecule has 2 N–H and O–H groups in total. The molecule has 1 saturated heterocycles. The van der Waals surface area contributed by atoms with E-state index >= 15 is 0 Å². The maximum atomic E-state index is 10.7. The summed E-state index contributed by atoms with van der Waals surface area (Å²) < 4.78 is 0. The van der Waals surface area contributed by atoms with E-state index < -0.39 is 0 Å². The van der Waals surface area contributed by atoms with E-state index in [1.807, 2.05) is 20.0 Å². The van der Waals surface area contributed by atoms with Crippen molar-refractivity contribution < 1.29 is 5.11 Å². The second-order valence-corrected chi connectivity index (χ2v) is 10.5. The Hall–Kier alpha value is -2.51. The van der Waals surface area contributed by atoms with Crippen molar-refractivity contribution in [1.29, 1.82) is 0 Å². The maximum Gasteiger partial charge on any atom is 0.185 e. The molecule has 0 radical (unpaired) electrons. The lowest BCUT2D eigenvalue weighted by molar-refractivity contribution is 0.160. The molecule has 33 heavy (non-hydrogen) atoms. The standard InChI is InChI=1S/C25H35ClN6O/c1-8-20(26)19(14-27-6)16-9-10-18(21(33)11-16)23-28-15-22(29-30-23)32(7)17-12-24(2,3)31-25(4,5)13-17/h9-11,14-15,17,31,33H,8,12-13H2,1-7H3/b20-19-,27-14?. The molecule has 7 nitrogen and oxygen atoms in total. The minimum Gasteiger partial charge on any atom is -0.507 e. The topological polar surface area (TPSA) is 86.5 Å². The van der Waals surface area contributed by atoms with Crippen LogP contribution < -0.4 is 10.2 Å². The van der Waals surface area contributed by atoms with Gasteiger partial charge in [0.25, 0.3) is 0 Å². The number of phenolic OH excluding ortho intramolecular Hbond substituents is 1. The normalized spacial score (nSPS) is 18.9. The average molecular weight is 471 g/mol. The van der Waals surface area contributed by atoms with Crippen LogP contribution in [0.25, 0.3) is 17.0 Å². The Balaban J connectivity index is 1.84. The number of hydrogen-bond donors (Lipinski definition) is 2. The van der Waals surface area contributed by atoms with Crippen LogP contribution in [0.15, 0.2) is 34.4 Å². The van der Waals surface area contributed by atoms with Crippen molar-refractivity contribution >= 4 is 29.2 Å². The van der Waals surface area contributed by atoms with E-state index in [1.54, 1.807) is 31.6 Å². The highest BCUT2D eigenvalue weighted by atomic mass is 35.5. The number of nitrogens with zero attached hydrogens (tertiary/aromatic N) is 5. The third-order valence-corrected chi connectivity index (χ3v) is 6.51. The van der Waals surface area contributed by atoms with E-state index in [9.17, 15) is 5.11 Å². The molecule has 0 saturated carbocycles. The van der Waals surface area contributed by atoms with Crippen molar-refractivity contribution in [2.45, 2.75) is 71.0 Å². The van der Waals surface area contributed by atoms with E-state index in [0.29, 0.717) is 34.7 Å². The molecule has 0 bridgehead atoms. The quantitative estimate of drug-likeness (QED) is 0.574. The number of phenols is 1. The Morgan fingerprint density at radius 1 is 1.24 bits per heavy atom. The van der Waals surface area contributed by atoms with Gasteiger partial charge in [0.2, 0.25) is 0 Å². The number of aliphatic imine (C=N–C) groups is 1. The monoisotopic (exact) mass is 470 g/mol. The largest absolute Gasteiger partial charge is 0.507 e. The molecule has 0 unspecified atom stereocenters. The lowest BCUT2D eigenvalue weighted by Gasteiger charge is -2.49. The predicted octanol–water partition coefficient (Wildman–Crippen LogP) is 5.05. The molecule has 8 heteroatoms. The van der Waals surface area contributed by atoms with Gasteiger partial charge in [0.1, 0.15) is 5.75 Å². The van der Waals surface area contributed by atoms with Crippen molar-refractivity contribution in [3.63, 3.8) is 0 Å². The smallest absolute Gasteiger partial charge is 0.185 e. The van der Waals surface area contributed by atoms with Crippen molar-refractivity contribution in [2.24, 2.45) is 4.99 Å². The molecular weight excluding hydrogens is 436 g/mol. The summed E-state index contributed by atoms with van der Waals surface area (Å²) in [7, 11) is 3.73. The van der Waals surface area contributed by atoms with Crippen molar-refractivity contribution in [2.75, 3.05) is 19.0 Å². The van der Waals surface area contributed by atoms with Crippen molar-refractivity contribution in [1.82, 2.24) is 20.5 Å². The first-order valence-corrected chi connectivity index (χ1v) is 11.7. The van der Waals surface area contributed by atoms with Gasteiger partial charge in [-0.1, -0.05) is 24.6 Å². The number of halogens is 1. The fourth-order valence-electron chi connectivity index (χ4n) is 4.79. The number of hydrogen-bond acceptors (Lipinski definition) is 7. The second-order valence-electron chi connectivity index (χ2n) is 10.00. The van der Waals surface area contributed by atoms with Gasteiger partial charge < -0.3 is 15.3 Å². The number of benzene rings is 1. The lowest BCUT2D eigenvalue weighted by atomic mass is 9.79. The molecular formula is C25H35ClN6O. The third kappa shape index (κ3) is 5.89. The van der Waals surface area contributed by atoms with Gasteiger partial charge in [0, 0.05) is 48.0 Å². The van der Waals surface area contributed by atoms with Crippen LogP contribution in [0, 0.1) is 0 Å². The first-order valence-electron chi connectivity index (χ1n) is 11.3. The molecule has 0 spiro atoms. The van der Waals surface area contributed by atoms with Crippen molar-refractivity contribution in [3.05, 3.63) is 35.0 Å². The summed E-state index contributed by atoms with van der Waals surface area (Å²) in [5, 5.41) is 23.8. The maximum absolute atomic E-state index is 10.7. The molecule has 3 rings (SSSR count). The van der Waals surface area contributed by atoms with Gasteiger partial charge in [-0.2, -0.15) is 0 Å². The minimum absolute atomic E-state index is 0.0332. The van der Waals surface area contributed by atoms with Crippen LogP contribution in [0.2, 0.25) is 0 Å². The van der Waals surface area contributed by atoms with Crippen LogP contribution in [0.1, 0.15) is 59.4 Å². The molecule has 1 aliphatic rings. The van der Waals surface area contributed by atoms with E-state index in [1.165, 1.54) is 0 Å². The number of anilines is 1. The molecule has 2 aromatic rings. The number of rotatable bonds is 6. The summed E-state index contributed by atoms with van der Waals surface area (Å²) in [6.07, 6.45) is 6.09. The highest BCUT2D eigenvalue weighted by Crippen LogP contribution is 2.34. The van der Waals surface area contributed by atoms with Gasteiger partial charge in [0.15, 0.2) is 11.6 Å². The first-order chi connectivity index (χ1) is 15.5. The predicted molar refractivity (Wildman–Crippen MR) is 137 cm³/mol. The van der Waals surface area contributed by atoms with E-state index in [-0.39, 0.29) is 16.8 Å². The second kappa shape index (κ2) is 9.77. The highest BCUT2D eigenvalue weighted by Gasteiger charge is 2.39. The van der Waals surface area contributed by atoms with Gasteiger partial charge in [-0.05, 0) is 64.7 Å². The van der Waals surface area contributed by atoms with E-state index in [2.05, 4.69) is 58.1 Å². The summed E-state index contributed by atoms with van der Waals surface area (Å²) in [5.41, 5.74) is 2.16. The molecule has 1 aromatic heterocycles. The fourth-order valence-corrected chi connectivity index (χ4v) is 4.95. The molecule has 0 aliphatic carbocycles. The Morgan fingerprint density at radius 3 is 2.42 bits per heavy atom. The Morgan fingerprint density at radius 2 is 1.91 bits per heavy atom. The zero-order valence-corrected chi connectivity index (χ0v) is 21.4. The van der Waals surface area contributed by atoms with Gasteiger partial charge in [-0.15, -0.1) is 10.2 Å². The molecule has 178 valence electrons. The average Bonchev–Trinajstić information content (AvgIpc) is 2.74. The van der Waals surface area contributed by atoms with Crippen LogP contribution in [-0.4, -0.2) is 57.7 Å². The van der Waals surface area contributed by atoms with Crippen LogP contribution >= 0.6 is 11.6 Å². The minimum atomic E-state index is 0.0332. The zero-order valence-electron chi connectivity index (χ0n) is 20.6. The Kier molecular flexibility index (Phi) is 7.44. The summed E-state index contributed by atoms with van der Waals surface area (Å²) in [4.78, 5) is 10.7. The summed E-state index contributed by atoms with van der Waals surface area (Å²) in [6.45, 7) is 10.9. The van der Waals surface area contributed by atoms with Gasteiger partial charge in [-0.3, -0.25) is 4.99 Å². The van der Waals surface area contributed by atoms with Crippen molar-refractivity contribution in [3.8, 4) is 17.1 Å². The third-order valence-electron chi connectivity index (χ3n) is 6.04. The zero-order chi connectivity index (χ0) is 24.4. The molecule has 1 aromatic carbocycles. The first kappa shape index (κ1) is 25.1. The number of piperidine rings is 1. The SMILES string of the molecule is CC/C(Cl)=C(\C=NC)c1ccc(-c2ncc(N(C)C3CC(C)(C)NC(C)(C)C3)nn2)c(O)c1. The van der Waals surface area contributed by atoms with Crippen LogP contribution in [0.5, 0.6) is 5.75 Å². The van der Waals surface area contributed by atoms with Gasteiger partial charge in [-0.25, -0.2) is 4.98 Å². The summed E-state index contributed by atoms with van der Waals surface area (Å²) >= 11 is 6.36. The fraction of sp³-hybridized carbons (Fsp3) is 0.520. The number of nitrogens with one attached hydrogen (secondary N) is 1. The molecule has 1 fully saturated rings. The number of aromatic hydroxyl groups is 1. The van der Waals surface area contributed by atoms with Crippen LogP contribution in [0.3, 0.4) is 0 Å². The van der Waals surface area contributed by atoms with Gasteiger partial charge >= 0.3 is 0 Å². The Labute approximate surface area is 202 Å². The molecule has 0 amide bonds. The Bertz CT molecular complexity index is 1030. The van der Waals surface area contributed by atoms with E-state index in [0.717, 1.165) is 24.0 Å². The summed E-state index contributed by atoms with van der Waals surface area (Å²) in [5.74, 6) is 1.16. The van der Waals surface area contributed by atoms with Crippen LogP contribution in [0.4, 0.5) is 5.82 Å².